The van der Waals surface area contributed by atoms with Crippen molar-refractivity contribution >= 4 is 0 Å². The van der Waals surface area contributed by atoms with E-state index in [4.69, 9.17) is 4.74 Å². The molecule has 0 radical (unpaired) electrons. The van der Waals surface area contributed by atoms with Crippen LogP contribution >= 0.6 is 0 Å². The summed E-state index contributed by atoms with van der Waals surface area (Å²) < 4.78 is 5.74. The molecular formula is C13H19NO. The molecule has 1 aliphatic heterocycles. The number of aryl methyl sites for hydroxylation is 1. The first-order chi connectivity index (χ1) is 7.36. The fourth-order valence-corrected chi connectivity index (χ4v) is 1.96. The minimum absolute atomic E-state index is 0.717. The summed E-state index contributed by atoms with van der Waals surface area (Å²) in [5.41, 5.74) is 2.63. The van der Waals surface area contributed by atoms with Crippen molar-refractivity contribution in [3.63, 3.8) is 0 Å². The fraction of sp³-hybridized carbons (Fsp3) is 0.538. The lowest BCUT2D eigenvalue weighted by Gasteiger charge is -2.10. The Hall–Kier alpha value is -0.860. The van der Waals surface area contributed by atoms with Crippen LogP contribution in [0.25, 0.3) is 0 Å². The molecule has 0 saturated carbocycles. The molecule has 0 spiro atoms. The highest BCUT2D eigenvalue weighted by atomic mass is 16.5. The summed E-state index contributed by atoms with van der Waals surface area (Å²) in [5.74, 6) is 0.717. The molecule has 1 atom stereocenters. The van der Waals surface area contributed by atoms with Gasteiger partial charge in [-0.25, -0.2) is 0 Å². The fourth-order valence-electron chi connectivity index (χ4n) is 1.96. The Kier molecular flexibility index (Phi) is 3.75. The molecule has 0 bridgehead atoms. The van der Waals surface area contributed by atoms with Gasteiger partial charge in [0.25, 0.3) is 0 Å². The molecule has 0 aliphatic carbocycles. The summed E-state index contributed by atoms with van der Waals surface area (Å²) in [5, 5.41) is 3.35. The van der Waals surface area contributed by atoms with Crippen LogP contribution in [-0.4, -0.2) is 19.7 Å². The molecule has 2 heteroatoms. The molecule has 1 aromatic carbocycles. The summed E-state index contributed by atoms with van der Waals surface area (Å²) in [6.07, 6.45) is 1.26. The van der Waals surface area contributed by atoms with Gasteiger partial charge in [0.1, 0.15) is 0 Å². The molecule has 1 unspecified atom stereocenters. The standard InChI is InChI=1S/C13H19NO/c1-11-4-2-3-5-13(11)10-15-9-12-6-7-14-8-12/h2-5,12,14H,6-10H2,1H3. The van der Waals surface area contributed by atoms with Crippen LogP contribution in [0, 0.1) is 12.8 Å². The van der Waals surface area contributed by atoms with Crippen molar-refractivity contribution in [2.45, 2.75) is 20.0 Å². The van der Waals surface area contributed by atoms with Crippen molar-refractivity contribution in [3.05, 3.63) is 35.4 Å². The second kappa shape index (κ2) is 5.29. The first-order valence-corrected chi connectivity index (χ1v) is 5.69. The van der Waals surface area contributed by atoms with E-state index in [2.05, 4.69) is 36.5 Å². The lowest BCUT2D eigenvalue weighted by molar-refractivity contribution is 0.0921. The zero-order valence-electron chi connectivity index (χ0n) is 9.33. The van der Waals surface area contributed by atoms with Crippen LogP contribution in [0.4, 0.5) is 0 Å². The monoisotopic (exact) mass is 205 g/mol. The van der Waals surface area contributed by atoms with Gasteiger partial charge in [-0.3, -0.25) is 0 Å². The van der Waals surface area contributed by atoms with Crippen molar-refractivity contribution in [2.24, 2.45) is 5.92 Å². The predicted octanol–water partition coefficient (Wildman–Crippen LogP) is 2.12. The third kappa shape index (κ3) is 3.05. The molecule has 0 amide bonds. The van der Waals surface area contributed by atoms with Crippen LogP contribution in [0.2, 0.25) is 0 Å². The van der Waals surface area contributed by atoms with Crippen molar-refractivity contribution in [1.82, 2.24) is 5.32 Å². The zero-order chi connectivity index (χ0) is 10.5. The number of hydrogen-bond acceptors (Lipinski definition) is 2. The van der Waals surface area contributed by atoms with E-state index in [1.807, 2.05) is 0 Å². The Morgan fingerprint density at radius 2 is 2.27 bits per heavy atom. The highest BCUT2D eigenvalue weighted by Crippen LogP contribution is 2.11. The average Bonchev–Trinajstić information content (AvgIpc) is 2.74. The molecule has 2 nitrogen and oxygen atoms in total. The maximum atomic E-state index is 5.74. The van der Waals surface area contributed by atoms with E-state index >= 15 is 0 Å². The molecule has 1 aromatic rings. The van der Waals surface area contributed by atoms with Crippen LogP contribution < -0.4 is 5.32 Å². The zero-order valence-corrected chi connectivity index (χ0v) is 9.33. The van der Waals surface area contributed by atoms with Crippen molar-refractivity contribution in [2.75, 3.05) is 19.7 Å². The number of hydrogen-bond donors (Lipinski definition) is 1. The highest BCUT2D eigenvalue weighted by Gasteiger charge is 2.14. The number of nitrogens with one attached hydrogen (secondary N) is 1. The highest BCUT2D eigenvalue weighted by molar-refractivity contribution is 5.24. The summed E-state index contributed by atoms with van der Waals surface area (Å²) in [6, 6.07) is 8.42. The third-order valence-corrected chi connectivity index (χ3v) is 3.03. The van der Waals surface area contributed by atoms with Gasteiger partial charge in [-0.1, -0.05) is 24.3 Å². The molecular weight excluding hydrogens is 186 g/mol. The summed E-state index contributed by atoms with van der Waals surface area (Å²) >= 11 is 0. The lowest BCUT2D eigenvalue weighted by Crippen LogP contribution is -2.13. The summed E-state index contributed by atoms with van der Waals surface area (Å²) in [6.45, 7) is 6.05. The van der Waals surface area contributed by atoms with Gasteiger partial charge in [0.2, 0.25) is 0 Å². The molecule has 0 aromatic heterocycles. The van der Waals surface area contributed by atoms with Gasteiger partial charge in [-0.05, 0) is 36.9 Å². The van der Waals surface area contributed by atoms with Crippen LogP contribution in [0.1, 0.15) is 17.5 Å². The Morgan fingerprint density at radius 3 is 3.00 bits per heavy atom. The van der Waals surface area contributed by atoms with E-state index < -0.39 is 0 Å². The largest absolute Gasteiger partial charge is 0.376 e. The number of benzene rings is 1. The Morgan fingerprint density at radius 1 is 1.40 bits per heavy atom. The van der Waals surface area contributed by atoms with E-state index in [9.17, 15) is 0 Å². The number of rotatable bonds is 4. The summed E-state index contributed by atoms with van der Waals surface area (Å²) in [4.78, 5) is 0. The quantitative estimate of drug-likeness (QED) is 0.813. The SMILES string of the molecule is Cc1ccccc1COCC1CCNC1. The average molecular weight is 205 g/mol. The van der Waals surface area contributed by atoms with Crippen LogP contribution in [0.15, 0.2) is 24.3 Å². The van der Waals surface area contributed by atoms with Gasteiger partial charge < -0.3 is 10.1 Å². The van der Waals surface area contributed by atoms with Gasteiger partial charge in [-0.2, -0.15) is 0 Å². The number of ether oxygens (including phenoxy) is 1. The maximum absolute atomic E-state index is 5.74. The van der Waals surface area contributed by atoms with Gasteiger partial charge in [0, 0.05) is 6.54 Å². The Labute approximate surface area is 91.6 Å². The molecule has 1 heterocycles. The lowest BCUT2D eigenvalue weighted by atomic mass is 10.1. The van der Waals surface area contributed by atoms with Crippen LogP contribution in [-0.2, 0) is 11.3 Å². The minimum Gasteiger partial charge on any atom is -0.376 e. The normalized spacial score (nSPS) is 20.7. The van der Waals surface area contributed by atoms with Crippen molar-refractivity contribution in [3.8, 4) is 0 Å². The smallest absolute Gasteiger partial charge is 0.0719 e. The van der Waals surface area contributed by atoms with E-state index in [1.54, 1.807) is 0 Å². The predicted molar refractivity (Wildman–Crippen MR) is 61.8 cm³/mol. The maximum Gasteiger partial charge on any atom is 0.0719 e. The first-order valence-electron chi connectivity index (χ1n) is 5.69. The molecule has 1 N–H and O–H groups in total. The third-order valence-electron chi connectivity index (χ3n) is 3.03. The van der Waals surface area contributed by atoms with Gasteiger partial charge >= 0.3 is 0 Å². The van der Waals surface area contributed by atoms with E-state index in [0.717, 1.165) is 26.3 Å². The van der Waals surface area contributed by atoms with E-state index in [-0.39, 0.29) is 0 Å². The Balaban J connectivity index is 1.75. The van der Waals surface area contributed by atoms with Crippen molar-refractivity contribution in [1.29, 1.82) is 0 Å². The van der Waals surface area contributed by atoms with Gasteiger partial charge in [0.05, 0.1) is 13.2 Å². The van der Waals surface area contributed by atoms with Crippen LogP contribution in [0.5, 0.6) is 0 Å². The first kappa shape index (κ1) is 10.7. The molecule has 1 fully saturated rings. The molecule has 1 aliphatic rings. The molecule has 2 rings (SSSR count). The van der Waals surface area contributed by atoms with Gasteiger partial charge in [0.15, 0.2) is 0 Å². The van der Waals surface area contributed by atoms with Crippen molar-refractivity contribution < 1.29 is 4.74 Å². The van der Waals surface area contributed by atoms with E-state index in [0.29, 0.717) is 5.92 Å². The topological polar surface area (TPSA) is 21.3 Å². The second-order valence-electron chi connectivity index (χ2n) is 4.30. The molecule has 82 valence electrons. The minimum atomic E-state index is 0.717. The van der Waals surface area contributed by atoms with E-state index in [1.165, 1.54) is 17.5 Å². The Bertz CT molecular complexity index is 305. The van der Waals surface area contributed by atoms with Gasteiger partial charge in [-0.15, -0.1) is 0 Å². The molecule has 1 saturated heterocycles. The molecule has 15 heavy (non-hydrogen) atoms. The van der Waals surface area contributed by atoms with Crippen LogP contribution in [0.3, 0.4) is 0 Å². The summed E-state index contributed by atoms with van der Waals surface area (Å²) in [7, 11) is 0. The second-order valence-corrected chi connectivity index (χ2v) is 4.30.